The lowest BCUT2D eigenvalue weighted by Gasteiger charge is -1.96. The highest BCUT2D eigenvalue weighted by atomic mass is 16.5. The molecule has 0 aliphatic heterocycles. The van der Waals surface area contributed by atoms with Crippen molar-refractivity contribution in [1.29, 1.82) is 0 Å². The van der Waals surface area contributed by atoms with E-state index in [1.165, 1.54) is 0 Å². The zero-order valence-electron chi connectivity index (χ0n) is 10.3. The van der Waals surface area contributed by atoms with E-state index in [4.69, 9.17) is 10.3 Å². The largest absolute Gasteiger partial charge is 0.332 e. The van der Waals surface area contributed by atoms with Gasteiger partial charge in [-0.2, -0.15) is 10.1 Å². The predicted molar refractivity (Wildman–Crippen MR) is 67.6 cm³/mol. The molecule has 0 aliphatic rings. The zero-order valence-corrected chi connectivity index (χ0v) is 10.3. The van der Waals surface area contributed by atoms with Crippen LogP contribution in [0, 0.1) is 0 Å². The van der Waals surface area contributed by atoms with Crippen LogP contribution in [-0.4, -0.2) is 24.9 Å². The summed E-state index contributed by atoms with van der Waals surface area (Å²) in [6, 6.07) is 3.69. The molecule has 0 aromatic carbocycles. The van der Waals surface area contributed by atoms with E-state index < -0.39 is 0 Å². The van der Waals surface area contributed by atoms with Crippen LogP contribution in [0.4, 0.5) is 0 Å². The zero-order chi connectivity index (χ0) is 13.2. The summed E-state index contributed by atoms with van der Waals surface area (Å²) in [5.41, 5.74) is 7.90. The van der Waals surface area contributed by atoms with Crippen LogP contribution in [0.3, 0.4) is 0 Å². The maximum atomic E-state index is 5.52. The molecular formula is C12H12N6O. The van der Waals surface area contributed by atoms with E-state index in [0.717, 1.165) is 11.1 Å². The minimum absolute atomic E-state index is 0.377. The third kappa shape index (κ3) is 2.23. The second-order valence-electron chi connectivity index (χ2n) is 4.08. The van der Waals surface area contributed by atoms with Crippen LogP contribution in [-0.2, 0) is 13.6 Å². The van der Waals surface area contributed by atoms with Crippen molar-refractivity contribution in [2.75, 3.05) is 0 Å². The lowest BCUT2D eigenvalue weighted by Crippen LogP contribution is -1.96. The molecule has 0 spiro atoms. The summed E-state index contributed by atoms with van der Waals surface area (Å²) < 4.78 is 6.88. The van der Waals surface area contributed by atoms with Crippen LogP contribution in [0.2, 0.25) is 0 Å². The van der Waals surface area contributed by atoms with Gasteiger partial charge in [-0.25, -0.2) is 0 Å². The molecule has 7 nitrogen and oxygen atoms in total. The summed E-state index contributed by atoms with van der Waals surface area (Å²) in [4.78, 5) is 8.53. The lowest BCUT2D eigenvalue weighted by atomic mass is 10.2. The van der Waals surface area contributed by atoms with E-state index >= 15 is 0 Å². The Balaban J connectivity index is 1.91. The summed E-state index contributed by atoms with van der Waals surface area (Å²) in [7, 11) is 1.83. The molecule has 0 amide bonds. The Kier molecular flexibility index (Phi) is 2.81. The summed E-state index contributed by atoms with van der Waals surface area (Å²) >= 11 is 0. The Morgan fingerprint density at radius 1 is 1.32 bits per heavy atom. The summed E-state index contributed by atoms with van der Waals surface area (Å²) in [6.07, 6.45) is 5.20. The molecule has 3 heterocycles. The van der Waals surface area contributed by atoms with Gasteiger partial charge in [0.15, 0.2) is 0 Å². The van der Waals surface area contributed by atoms with Crippen LogP contribution in [0.1, 0.15) is 5.56 Å². The Morgan fingerprint density at radius 3 is 2.84 bits per heavy atom. The van der Waals surface area contributed by atoms with Crippen molar-refractivity contribution in [3.8, 4) is 23.0 Å². The van der Waals surface area contributed by atoms with Gasteiger partial charge >= 0.3 is 0 Å². The Labute approximate surface area is 109 Å². The molecule has 0 bridgehead atoms. The third-order valence-electron chi connectivity index (χ3n) is 2.67. The summed E-state index contributed by atoms with van der Waals surface area (Å²) in [5, 5.41) is 7.98. The number of aromatic nitrogens is 5. The van der Waals surface area contributed by atoms with Gasteiger partial charge in [-0.05, 0) is 11.6 Å². The SMILES string of the molecule is Cn1cc(-c2noc(-c3ccc(CN)cn3)n2)cn1. The number of nitrogens with zero attached hydrogens (tertiary/aromatic N) is 5. The summed E-state index contributed by atoms with van der Waals surface area (Å²) in [6.45, 7) is 0.456. The number of pyridine rings is 1. The molecule has 3 aromatic rings. The van der Waals surface area contributed by atoms with Gasteiger partial charge in [0.1, 0.15) is 5.69 Å². The van der Waals surface area contributed by atoms with Crippen molar-refractivity contribution >= 4 is 0 Å². The van der Waals surface area contributed by atoms with Crippen molar-refractivity contribution in [1.82, 2.24) is 24.9 Å². The fraction of sp³-hybridized carbons (Fsp3) is 0.167. The molecule has 0 unspecified atom stereocenters. The van der Waals surface area contributed by atoms with E-state index in [0.29, 0.717) is 24.0 Å². The van der Waals surface area contributed by atoms with E-state index in [-0.39, 0.29) is 0 Å². The molecule has 0 saturated carbocycles. The minimum Gasteiger partial charge on any atom is -0.332 e. The van der Waals surface area contributed by atoms with Crippen LogP contribution >= 0.6 is 0 Å². The molecule has 0 fully saturated rings. The standard InChI is InChI=1S/C12H12N6O/c1-18-7-9(6-15-18)11-16-12(19-17-11)10-3-2-8(4-13)5-14-10/h2-3,5-7H,4,13H2,1H3. The van der Waals surface area contributed by atoms with E-state index in [9.17, 15) is 0 Å². The van der Waals surface area contributed by atoms with Crippen molar-refractivity contribution in [3.05, 3.63) is 36.3 Å². The highest BCUT2D eigenvalue weighted by Gasteiger charge is 2.12. The molecule has 3 rings (SSSR count). The molecule has 0 atom stereocenters. The Morgan fingerprint density at radius 2 is 2.21 bits per heavy atom. The fourth-order valence-corrected chi connectivity index (χ4v) is 1.65. The van der Waals surface area contributed by atoms with Crippen LogP contribution < -0.4 is 5.73 Å². The molecule has 7 heteroatoms. The molecular weight excluding hydrogens is 244 g/mol. The molecule has 0 aliphatic carbocycles. The van der Waals surface area contributed by atoms with Crippen LogP contribution in [0.25, 0.3) is 23.0 Å². The average Bonchev–Trinajstić information content (AvgIpc) is 3.07. The smallest absolute Gasteiger partial charge is 0.276 e. The third-order valence-corrected chi connectivity index (χ3v) is 2.67. The monoisotopic (exact) mass is 256 g/mol. The Hall–Kier alpha value is -2.54. The molecule has 0 saturated heterocycles. The normalized spacial score (nSPS) is 10.8. The van der Waals surface area contributed by atoms with E-state index in [1.54, 1.807) is 17.1 Å². The highest BCUT2D eigenvalue weighted by molar-refractivity contribution is 5.56. The van der Waals surface area contributed by atoms with Gasteiger partial charge in [0.2, 0.25) is 5.82 Å². The van der Waals surface area contributed by atoms with Gasteiger partial charge in [-0.3, -0.25) is 9.67 Å². The van der Waals surface area contributed by atoms with Crippen molar-refractivity contribution in [2.24, 2.45) is 12.8 Å². The van der Waals surface area contributed by atoms with Gasteiger partial charge in [-0.1, -0.05) is 11.2 Å². The minimum atomic E-state index is 0.377. The second-order valence-corrected chi connectivity index (χ2v) is 4.08. The average molecular weight is 256 g/mol. The molecule has 3 aromatic heterocycles. The van der Waals surface area contributed by atoms with E-state index in [1.807, 2.05) is 25.4 Å². The summed E-state index contributed by atoms with van der Waals surface area (Å²) in [5.74, 6) is 0.871. The first-order valence-corrected chi connectivity index (χ1v) is 5.74. The molecule has 2 N–H and O–H groups in total. The molecule has 96 valence electrons. The van der Waals surface area contributed by atoms with Crippen LogP contribution in [0.5, 0.6) is 0 Å². The lowest BCUT2D eigenvalue weighted by molar-refractivity contribution is 0.431. The molecule has 0 radical (unpaired) electrons. The van der Waals surface area contributed by atoms with Gasteiger partial charge in [-0.15, -0.1) is 0 Å². The van der Waals surface area contributed by atoms with Gasteiger partial charge in [0.25, 0.3) is 5.89 Å². The van der Waals surface area contributed by atoms with Crippen molar-refractivity contribution < 1.29 is 4.52 Å². The maximum Gasteiger partial charge on any atom is 0.276 e. The first kappa shape index (κ1) is 11.5. The predicted octanol–water partition coefficient (Wildman–Crippen LogP) is 0.991. The second kappa shape index (κ2) is 4.62. The first-order valence-electron chi connectivity index (χ1n) is 5.74. The fourth-order valence-electron chi connectivity index (χ4n) is 1.65. The van der Waals surface area contributed by atoms with Crippen molar-refractivity contribution in [2.45, 2.75) is 6.54 Å². The van der Waals surface area contributed by atoms with Crippen LogP contribution in [0.15, 0.2) is 35.2 Å². The number of aryl methyl sites for hydroxylation is 1. The number of hydrogen-bond acceptors (Lipinski definition) is 6. The topological polar surface area (TPSA) is 95.7 Å². The number of rotatable bonds is 3. The van der Waals surface area contributed by atoms with E-state index in [2.05, 4.69) is 20.2 Å². The highest BCUT2D eigenvalue weighted by Crippen LogP contribution is 2.20. The first-order chi connectivity index (χ1) is 9.26. The maximum absolute atomic E-state index is 5.52. The molecule has 19 heavy (non-hydrogen) atoms. The van der Waals surface area contributed by atoms with Crippen molar-refractivity contribution in [3.63, 3.8) is 0 Å². The Bertz CT molecular complexity index is 684. The van der Waals surface area contributed by atoms with Gasteiger partial charge in [0, 0.05) is 26.0 Å². The van der Waals surface area contributed by atoms with Gasteiger partial charge in [0.05, 0.1) is 11.8 Å². The quantitative estimate of drug-likeness (QED) is 0.750. The number of hydrogen-bond donors (Lipinski definition) is 1. The van der Waals surface area contributed by atoms with Gasteiger partial charge < -0.3 is 10.3 Å². The number of nitrogens with two attached hydrogens (primary N) is 1.